The number of fused-ring (bicyclic) bond motifs is 2. The van der Waals surface area contributed by atoms with Crippen molar-refractivity contribution in [3.63, 3.8) is 0 Å². The molecule has 0 spiro atoms. The topological polar surface area (TPSA) is 46.3 Å². The lowest BCUT2D eigenvalue weighted by atomic mass is 10.1. The number of carbonyl (C=O) groups excluding carboxylic acids is 1. The Hall–Kier alpha value is -1.51. The van der Waals surface area contributed by atoms with Crippen LogP contribution >= 0.6 is 0 Å². The molecule has 2 aliphatic rings. The largest absolute Gasteiger partial charge is 0.397 e. The molecule has 1 heterocycles. The number of piperidine rings is 1. The molecular formula is C12H14N2O. The Morgan fingerprint density at radius 2 is 2.07 bits per heavy atom. The molecular weight excluding hydrogens is 188 g/mol. The third-order valence-corrected chi connectivity index (χ3v) is 3.55. The molecule has 1 aliphatic heterocycles. The maximum atomic E-state index is 12.0. The molecule has 1 aromatic carbocycles. The van der Waals surface area contributed by atoms with Crippen molar-refractivity contribution in [1.82, 2.24) is 0 Å². The molecule has 1 aliphatic carbocycles. The van der Waals surface area contributed by atoms with E-state index < -0.39 is 0 Å². The average Bonchev–Trinajstić information content (AvgIpc) is 2.80. The second-order valence-electron chi connectivity index (χ2n) is 4.43. The van der Waals surface area contributed by atoms with Crippen LogP contribution in [-0.2, 0) is 4.79 Å². The van der Waals surface area contributed by atoms with Crippen molar-refractivity contribution in [2.24, 2.45) is 5.92 Å². The maximum Gasteiger partial charge on any atom is 0.230 e. The van der Waals surface area contributed by atoms with Crippen LogP contribution in [-0.4, -0.2) is 11.9 Å². The van der Waals surface area contributed by atoms with Crippen molar-refractivity contribution in [3.05, 3.63) is 24.3 Å². The highest BCUT2D eigenvalue weighted by atomic mass is 16.2. The molecule has 3 rings (SSSR count). The Bertz CT molecular complexity index is 416. The first kappa shape index (κ1) is 8.77. The van der Waals surface area contributed by atoms with E-state index in [1.165, 1.54) is 0 Å². The maximum absolute atomic E-state index is 12.0. The molecule has 2 N–H and O–H groups in total. The van der Waals surface area contributed by atoms with E-state index in [2.05, 4.69) is 0 Å². The molecule has 0 radical (unpaired) electrons. The molecule has 3 heteroatoms. The summed E-state index contributed by atoms with van der Waals surface area (Å²) in [5.74, 6) is 0.527. The number of hydrogen-bond acceptors (Lipinski definition) is 2. The molecule has 2 unspecified atom stereocenters. The van der Waals surface area contributed by atoms with Crippen molar-refractivity contribution >= 4 is 17.3 Å². The number of hydrogen-bond donors (Lipinski definition) is 1. The van der Waals surface area contributed by atoms with Crippen molar-refractivity contribution in [1.29, 1.82) is 0 Å². The van der Waals surface area contributed by atoms with E-state index in [4.69, 9.17) is 5.73 Å². The second-order valence-corrected chi connectivity index (χ2v) is 4.43. The van der Waals surface area contributed by atoms with Crippen LogP contribution in [0, 0.1) is 5.92 Å². The lowest BCUT2D eigenvalue weighted by Gasteiger charge is -2.28. The number of anilines is 2. The Morgan fingerprint density at radius 1 is 1.27 bits per heavy atom. The number of benzene rings is 1. The molecule has 15 heavy (non-hydrogen) atoms. The fourth-order valence-corrected chi connectivity index (χ4v) is 2.82. The van der Waals surface area contributed by atoms with Crippen LogP contribution in [0.5, 0.6) is 0 Å². The first-order valence-corrected chi connectivity index (χ1v) is 5.45. The van der Waals surface area contributed by atoms with Gasteiger partial charge in [0.25, 0.3) is 0 Å². The SMILES string of the molecule is Nc1ccccc1N1C(=O)C2CCC1C2. The van der Waals surface area contributed by atoms with E-state index in [-0.39, 0.29) is 11.8 Å². The molecule has 78 valence electrons. The van der Waals surface area contributed by atoms with Gasteiger partial charge < -0.3 is 10.6 Å². The molecule has 0 aromatic heterocycles. The van der Waals surface area contributed by atoms with Crippen molar-refractivity contribution in [3.8, 4) is 0 Å². The van der Waals surface area contributed by atoms with Gasteiger partial charge in [-0.3, -0.25) is 4.79 Å². The van der Waals surface area contributed by atoms with Gasteiger partial charge in [-0.05, 0) is 31.4 Å². The second kappa shape index (κ2) is 2.99. The first-order valence-electron chi connectivity index (χ1n) is 5.45. The Labute approximate surface area is 88.9 Å². The minimum absolute atomic E-state index is 0.259. The lowest BCUT2D eigenvalue weighted by Crippen LogP contribution is -2.37. The minimum Gasteiger partial charge on any atom is -0.397 e. The van der Waals surface area contributed by atoms with Crippen LogP contribution in [0.25, 0.3) is 0 Å². The van der Waals surface area contributed by atoms with Gasteiger partial charge in [0.05, 0.1) is 11.4 Å². The van der Waals surface area contributed by atoms with Crippen molar-refractivity contribution < 1.29 is 4.79 Å². The third-order valence-electron chi connectivity index (χ3n) is 3.55. The summed E-state index contributed by atoms with van der Waals surface area (Å²) in [5, 5.41) is 0. The number of nitrogens with zero attached hydrogens (tertiary/aromatic N) is 1. The van der Waals surface area contributed by atoms with E-state index in [1.807, 2.05) is 29.2 Å². The van der Waals surface area contributed by atoms with Crippen LogP contribution in [0.3, 0.4) is 0 Å². The van der Waals surface area contributed by atoms with Gasteiger partial charge in [-0.25, -0.2) is 0 Å². The monoisotopic (exact) mass is 202 g/mol. The number of nitrogens with two attached hydrogens (primary N) is 1. The Morgan fingerprint density at radius 3 is 2.73 bits per heavy atom. The smallest absolute Gasteiger partial charge is 0.230 e. The molecule has 2 atom stereocenters. The lowest BCUT2D eigenvalue weighted by molar-refractivity contribution is -0.121. The summed E-state index contributed by atoms with van der Waals surface area (Å²) in [5.41, 5.74) is 7.51. The zero-order chi connectivity index (χ0) is 10.4. The summed E-state index contributed by atoms with van der Waals surface area (Å²) in [4.78, 5) is 13.9. The van der Waals surface area contributed by atoms with E-state index in [0.29, 0.717) is 11.7 Å². The van der Waals surface area contributed by atoms with Gasteiger partial charge in [0.1, 0.15) is 0 Å². The van der Waals surface area contributed by atoms with Crippen LogP contribution in [0.15, 0.2) is 24.3 Å². The number of rotatable bonds is 1. The molecule has 2 fully saturated rings. The predicted molar refractivity (Wildman–Crippen MR) is 59.5 cm³/mol. The molecule has 2 bridgehead atoms. The van der Waals surface area contributed by atoms with E-state index in [1.54, 1.807) is 0 Å². The quantitative estimate of drug-likeness (QED) is 0.706. The van der Waals surface area contributed by atoms with Crippen LogP contribution in [0.2, 0.25) is 0 Å². The Kier molecular flexibility index (Phi) is 1.75. The van der Waals surface area contributed by atoms with Crippen molar-refractivity contribution in [2.45, 2.75) is 25.3 Å². The first-order chi connectivity index (χ1) is 7.27. The van der Waals surface area contributed by atoms with Gasteiger partial charge in [-0.2, -0.15) is 0 Å². The molecule has 1 saturated heterocycles. The summed E-state index contributed by atoms with van der Waals surface area (Å²) in [6, 6.07) is 8.03. The normalized spacial score (nSPS) is 28.8. The number of carbonyl (C=O) groups is 1. The summed E-state index contributed by atoms with van der Waals surface area (Å²) >= 11 is 0. The van der Waals surface area contributed by atoms with Crippen molar-refractivity contribution in [2.75, 3.05) is 10.6 Å². The number of amides is 1. The predicted octanol–water partition coefficient (Wildman–Crippen LogP) is 1.78. The highest BCUT2D eigenvalue weighted by Crippen LogP contribution is 2.42. The molecule has 1 aromatic rings. The average molecular weight is 202 g/mol. The van der Waals surface area contributed by atoms with E-state index >= 15 is 0 Å². The summed E-state index contributed by atoms with van der Waals surface area (Å²) in [6.45, 7) is 0. The number of nitrogen functional groups attached to an aromatic ring is 1. The Balaban J connectivity index is 2.02. The zero-order valence-electron chi connectivity index (χ0n) is 8.52. The van der Waals surface area contributed by atoms with Gasteiger partial charge in [-0.1, -0.05) is 12.1 Å². The zero-order valence-corrected chi connectivity index (χ0v) is 8.52. The van der Waals surface area contributed by atoms with Crippen LogP contribution < -0.4 is 10.6 Å². The molecule has 1 amide bonds. The third kappa shape index (κ3) is 1.16. The fraction of sp³-hybridized carbons (Fsp3) is 0.417. The molecule has 3 nitrogen and oxygen atoms in total. The van der Waals surface area contributed by atoms with Gasteiger partial charge in [0, 0.05) is 12.0 Å². The summed E-state index contributed by atoms with van der Waals surface area (Å²) in [7, 11) is 0. The van der Waals surface area contributed by atoms with Gasteiger partial charge >= 0.3 is 0 Å². The van der Waals surface area contributed by atoms with Crippen LogP contribution in [0.4, 0.5) is 11.4 Å². The molecule has 1 saturated carbocycles. The number of para-hydroxylation sites is 2. The van der Waals surface area contributed by atoms with Crippen LogP contribution in [0.1, 0.15) is 19.3 Å². The summed E-state index contributed by atoms with van der Waals surface area (Å²) in [6.07, 6.45) is 3.21. The van der Waals surface area contributed by atoms with E-state index in [9.17, 15) is 4.79 Å². The van der Waals surface area contributed by atoms with Gasteiger partial charge in [0.2, 0.25) is 5.91 Å². The fourth-order valence-electron chi connectivity index (χ4n) is 2.82. The minimum atomic E-state index is 0.259. The summed E-state index contributed by atoms with van der Waals surface area (Å²) < 4.78 is 0. The van der Waals surface area contributed by atoms with Gasteiger partial charge in [-0.15, -0.1) is 0 Å². The highest BCUT2D eigenvalue weighted by molar-refractivity contribution is 6.01. The van der Waals surface area contributed by atoms with E-state index in [0.717, 1.165) is 24.9 Å². The van der Waals surface area contributed by atoms with Gasteiger partial charge in [0.15, 0.2) is 0 Å². The standard InChI is InChI=1S/C12H14N2O/c13-10-3-1-2-4-11(10)14-9-6-5-8(7-9)12(14)15/h1-4,8-9H,5-7,13H2. The highest BCUT2D eigenvalue weighted by Gasteiger charge is 2.45.